The molecule has 0 unspecified atom stereocenters. The SMILES string of the molecule is C=CCNC(=O)C(=O)CNC(=O)[C@@H]1[C@@H](CC(C)C)CCN1C(=O)[C@@H](NC(=O)N[C@H](CN1CCCC1=O)C(C)(C)C)C(C)(C)C. The van der Waals surface area contributed by atoms with E-state index in [9.17, 15) is 28.8 Å². The lowest BCUT2D eigenvalue weighted by Crippen LogP contribution is -2.62. The maximum atomic E-state index is 14.2. The second-order valence-corrected chi connectivity index (χ2v) is 14.6. The lowest BCUT2D eigenvalue weighted by atomic mass is 9.84. The maximum absolute atomic E-state index is 14.2. The molecule has 248 valence electrons. The fourth-order valence-electron chi connectivity index (χ4n) is 5.73. The average molecular weight is 619 g/mol. The van der Waals surface area contributed by atoms with Crippen molar-refractivity contribution in [1.29, 1.82) is 0 Å². The summed E-state index contributed by atoms with van der Waals surface area (Å²) in [6, 6.07) is -2.70. The molecular weight excluding hydrogens is 564 g/mol. The molecule has 0 aromatic carbocycles. The molecule has 2 aliphatic rings. The van der Waals surface area contributed by atoms with Crippen molar-refractivity contribution >= 4 is 35.4 Å². The minimum atomic E-state index is -0.962. The Morgan fingerprint density at radius 2 is 1.64 bits per heavy atom. The van der Waals surface area contributed by atoms with Gasteiger partial charge in [-0.15, -0.1) is 6.58 Å². The molecule has 2 heterocycles. The van der Waals surface area contributed by atoms with Crippen molar-refractivity contribution in [3.8, 4) is 0 Å². The van der Waals surface area contributed by atoms with Gasteiger partial charge in [-0.25, -0.2) is 4.79 Å². The monoisotopic (exact) mass is 618 g/mol. The fraction of sp³-hybridized carbons (Fsp3) is 0.750. The highest BCUT2D eigenvalue weighted by atomic mass is 16.2. The Morgan fingerprint density at radius 3 is 2.16 bits per heavy atom. The summed E-state index contributed by atoms with van der Waals surface area (Å²) in [5.41, 5.74) is -1.06. The van der Waals surface area contributed by atoms with Gasteiger partial charge in [0.05, 0.1) is 12.6 Å². The van der Waals surface area contributed by atoms with E-state index in [0.717, 1.165) is 6.42 Å². The molecule has 0 aliphatic carbocycles. The van der Waals surface area contributed by atoms with E-state index in [0.29, 0.717) is 38.9 Å². The first-order chi connectivity index (χ1) is 20.4. The summed E-state index contributed by atoms with van der Waals surface area (Å²) in [5.74, 6) is -2.35. The lowest BCUT2D eigenvalue weighted by molar-refractivity contribution is -0.143. The van der Waals surface area contributed by atoms with Crippen LogP contribution in [-0.2, 0) is 24.0 Å². The summed E-state index contributed by atoms with van der Waals surface area (Å²) < 4.78 is 0. The summed E-state index contributed by atoms with van der Waals surface area (Å²) >= 11 is 0. The van der Waals surface area contributed by atoms with Gasteiger partial charge in [-0.05, 0) is 41.9 Å². The maximum Gasteiger partial charge on any atom is 0.315 e. The first kappa shape index (κ1) is 36.8. The molecule has 44 heavy (non-hydrogen) atoms. The van der Waals surface area contributed by atoms with Crippen molar-refractivity contribution in [2.24, 2.45) is 22.7 Å². The molecule has 0 radical (unpaired) electrons. The van der Waals surface area contributed by atoms with Crippen LogP contribution < -0.4 is 21.3 Å². The molecule has 0 aromatic rings. The smallest absolute Gasteiger partial charge is 0.315 e. The molecule has 2 fully saturated rings. The van der Waals surface area contributed by atoms with Crippen LogP contribution in [0.25, 0.3) is 0 Å². The number of amides is 6. The van der Waals surface area contributed by atoms with E-state index >= 15 is 0 Å². The van der Waals surface area contributed by atoms with Crippen LogP contribution in [0.2, 0.25) is 0 Å². The van der Waals surface area contributed by atoms with Crippen molar-refractivity contribution in [1.82, 2.24) is 31.1 Å². The first-order valence-electron chi connectivity index (χ1n) is 15.7. The van der Waals surface area contributed by atoms with Crippen LogP contribution in [0.1, 0.15) is 81.1 Å². The van der Waals surface area contributed by atoms with Gasteiger partial charge in [0.15, 0.2) is 0 Å². The van der Waals surface area contributed by atoms with Crippen LogP contribution in [0.3, 0.4) is 0 Å². The van der Waals surface area contributed by atoms with Gasteiger partial charge >= 0.3 is 6.03 Å². The second kappa shape index (κ2) is 15.5. The van der Waals surface area contributed by atoms with Gasteiger partial charge in [0.25, 0.3) is 5.91 Å². The summed E-state index contributed by atoms with van der Waals surface area (Å²) in [4.78, 5) is 80.9. The summed E-state index contributed by atoms with van der Waals surface area (Å²) in [6.07, 6.45) is 4.02. The summed E-state index contributed by atoms with van der Waals surface area (Å²) in [7, 11) is 0. The Hall–Kier alpha value is -3.44. The topological polar surface area (TPSA) is 157 Å². The quantitative estimate of drug-likeness (QED) is 0.183. The number of carbonyl (C=O) groups is 6. The predicted octanol–water partition coefficient (Wildman–Crippen LogP) is 1.99. The summed E-state index contributed by atoms with van der Waals surface area (Å²) in [6.45, 7) is 20.0. The number of likely N-dealkylation sites (tertiary alicyclic amines) is 2. The number of rotatable bonds is 13. The van der Waals surface area contributed by atoms with Gasteiger partial charge in [-0.3, -0.25) is 24.0 Å². The molecular formula is C32H54N6O6. The molecule has 12 heteroatoms. The number of ketones is 1. The molecule has 2 saturated heterocycles. The Bertz CT molecular complexity index is 1090. The predicted molar refractivity (Wildman–Crippen MR) is 168 cm³/mol. The molecule has 0 spiro atoms. The molecule has 12 nitrogen and oxygen atoms in total. The second-order valence-electron chi connectivity index (χ2n) is 14.6. The molecule has 0 bridgehead atoms. The number of hydrogen-bond donors (Lipinski definition) is 4. The highest BCUT2D eigenvalue weighted by molar-refractivity contribution is 6.37. The van der Waals surface area contributed by atoms with E-state index in [1.807, 2.05) is 55.4 Å². The number of nitrogens with zero attached hydrogens (tertiary/aromatic N) is 2. The number of nitrogens with one attached hydrogen (secondary N) is 4. The minimum Gasteiger partial charge on any atom is -0.347 e. The van der Waals surface area contributed by atoms with Gasteiger partial charge in [0, 0.05) is 32.6 Å². The molecule has 2 rings (SSSR count). The van der Waals surface area contributed by atoms with Crippen LogP contribution >= 0.6 is 0 Å². The Morgan fingerprint density at radius 1 is 0.977 bits per heavy atom. The van der Waals surface area contributed by atoms with Crippen molar-refractivity contribution in [2.45, 2.75) is 99.2 Å². The van der Waals surface area contributed by atoms with E-state index in [-0.39, 0.29) is 35.7 Å². The molecule has 4 N–H and O–H groups in total. The minimum absolute atomic E-state index is 0.0672. The van der Waals surface area contributed by atoms with Crippen molar-refractivity contribution < 1.29 is 28.8 Å². The van der Waals surface area contributed by atoms with E-state index < -0.39 is 53.6 Å². The number of Topliss-reactive ketones (excluding diaryl/α,β-unsaturated/α-hetero) is 1. The van der Waals surface area contributed by atoms with Crippen molar-refractivity contribution in [2.75, 3.05) is 32.7 Å². The van der Waals surface area contributed by atoms with Crippen LogP contribution in [0.15, 0.2) is 12.7 Å². The average Bonchev–Trinajstić information content (AvgIpc) is 3.52. The molecule has 0 saturated carbocycles. The lowest BCUT2D eigenvalue weighted by Gasteiger charge is -2.38. The number of urea groups is 1. The largest absolute Gasteiger partial charge is 0.347 e. The Kier molecular flexibility index (Phi) is 13.0. The molecule has 4 atom stereocenters. The van der Waals surface area contributed by atoms with Crippen LogP contribution in [0, 0.1) is 22.7 Å². The van der Waals surface area contributed by atoms with Crippen LogP contribution in [0.5, 0.6) is 0 Å². The third kappa shape index (κ3) is 10.3. The third-order valence-corrected chi connectivity index (χ3v) is 8.25. The number of carbonyl (C=O) groups excluding carboxylic acids is 6. The van der Waals surface area contributed by atoms with E-state index in [1.54, 1.807) is 4.90 Å². The molecule has 0 aromatic heterocycles. The van der Waals surface area contributed by atoms with Gasteiger partial charge in [-0.1, -0.05) is 61.5 Å². The third-order valence-electron chi connectivity index (χ3n) is 8.25. The molecule has 6 amide bonds. The van der Waals surface area contributed by atoms with Crippen LogP contribution in [-0.4, -0.2) is 96.1 Å². The summed E-state index contributed by atoms with van der Waals surface area (Å²) in [5, 5.41) is 10.8. The highest BCUT2D eigenvalue weighted by Gasteiger charge is 2.46. The highest BCUT2D eigenvalue weighted by Crippen LogP contribution is 2.33. The van der Waals surface area contributed by atoms with E-state index in [1.165, 1.54) is 11.0 Å². The Labute approximate surface area is 262 Å². The van der Waals surface area contributed by atoms with Gasteiger partial charge in [0.2, 0.25) is 23.5 Å². The van der Waals surface area contributed by atoms with Crippen LogP contribution in [0.4, 0.5) is 4.79 Å². The van der Waals surface area contributed by atoms with Gasteiger partial charge < -0.3 is 31.1 Å². The van der Waals surface area contributed by atoms with E-state index in [4.69, 9.17) is 0 Å². The fourth-order valence-corrected chi connectivity index (χ4v) is 5.73. The zero-order valence-corrected chi connectivity index (χ0v) is 27.9. The van der Waals surface area contributed by atoms with Crippen molar-refractivity contribution in [3.63, 3.8) is 0 Å². The van der Waals surface area contributed by atoms with Gasteiger partial charge in [0.1, 0.15) is 12.1 Å². The Balaban J connectivity index is 2.23. The zero-order chi connectivity index (χ0) is 33.4. The standard InChI is InChI=1S/C32H54N6O6/c1-10-14-33-27(41)22(39)18-34-28(42)25-21(17-20(2)3)13-16-38(25)29(43)26(32(7,8)9)36-30(44)35-23(31(4,5)6)19-37-15-11-12-24(37)40/h10,20-21,23,25-26H,1,11-19H2,2-9H3,(H,33,41)(H,34,42)(H2,35,36,44)/t21-,23-,25+,26-/m1/s1. The van der Waals surface area contributed by atoms with E-state index in [2.05, 4.69) is 27.8 Å². The normalized spacial score (nSPS) is 20.2. The number of hydrogen-bond acceptors (Lipinski definition) is 6. The van der Waals surface area contributed by atoms with Gasteiger partial charge in [-0.2, -0.15) is 0 Å². The van der Waals surface area contributed by atoms with Crippen molar-refractivity contribution in [3.05, 3.63) is 12.7 Å². The molecule has 2 aliphatic heterocycles. The first-order valence-corrected chi connectivity index (χ1v) is 15.7. The zero-order valence-electron chi connectivity index (χ0n) is 27.9.